The Morgan fingerprint density at radius 1 is 1.11 bits per heavy atom. The molecule has 2 saturated heterocycles. The number of esters is 1. The molecule has 0 aromatic heterocycles. The zero-order valence-corrected chi connectivity index (χ0v) is 10.9. The first-order valence-electron chi connectivity index (χ1n) is 6.98. The molecule has 18 heavy (non-hydrogen) atoms. The molecule has 4 heteroatoms. The van der Waals surface area contributed by atoms with Crippen molar-refractivity contribution in [1.29, 1.82) is 0 Å². The second kappa shape index (κ2) is 3.48. The number of carbonyl (C=O) groups excluding carboxylic acids is 1. The van der Waals surface area contributed by atoms with Gasteiger partial charge in [0.2, 0.25) is 0 Å². The molecule has 4 fully saturated rings. The maximum Gasteiger partial charge on any atom is 0.306 e. The van der Waals surface area contributed by atoms with Crippen molar-refractivity contribution in [3.8, 4) is 0 Å². The van der Waals surface area contributed by atoms with Crippen LogP contribution < -0.4 is 0 Å². The van der Waals surface area contributed by atoms with E-state index in [0.717, 1.165) is 19.6 Å². The Balaban J connectivity index is 1.41. The van der Waals surface area contributed by atoms with E-state index in [0.29, 0.717) is 30.1 Å². The molecule has 4 rings (SSSR count). The maximum absolute atomic E-state index is 11.3. The second-order valence-electron chi connectivity index (χ2n) is 7.11. The van der Waals surface area contributed by atoms with Crippen LogP contribution in [0, 0.1) is 29.1 Å². The highest BCUT2D eigenvalue weighted by Gasteiger charge is 2.68. The van der Waals surface area contributed by atoms with Gasteiger partial charge >= 0.3 is 5.97 Å². The molecule has 2 saturated carbocycles. The number of rotatable bonds is 1. The third kappa shape index (κ3) is 1.55. The third-order valence-corrected chi connectivity index (χ3v) is 5.04. The summed E-state index contributed by atoms with van der Waals surface area (Å²) in [5.41, 5.74) is 0.134. The maximum atomic E-state index is 11.3. The zero-order valence-electron chi connectivity index (χ0n) is 10.9. The van der Waals surface area contributed by atoms with Crippen LogP contribution in [0.1, 0.15) is 26.7 Å². The van der Waals surface area contributed by atoms with Crippen LogP contribution >= 0.6 is 0 Å². The fourth-order valence-corrected chi connectivity index (χ4v) is 4.16. The van der Waals surface area contributed by atoms with Crippen molar-refractivity contribution >= 4 is 5.97 Å². The van der Waals surface area contributed by atoms with Gasteiger partial charge in [0.1, 0.15) is 6.10 Å². The van der Waals surface area contributed by atoms with Crippen molar-refractivity contribution in [1.82, 2.24) is 0 Å². The lowest BCUT2D eigenvalue weighted by Crippen LogP contribution is -2.40. The Labute approximate surface area is 107 Å². The summed E-state index contributed by atoms with van der Waals surface area (Å²) in [7, 11) is 0. The fraction of sp³-hybridized carbons (Fsp3) is 0.929. The van der Waals surface area contributed by atoms with E-state index in [4.69, 9.17) is 14.2 Å². The van der Waals surface area contributed by atoms with Crippen LogP contribution in [-0.4, -0.2) is 31.6 Å². The summed E-state index contributed by atoms with van der Waals surface area (Å²) in [6, 6.07) is 0. The molecule has 1 unspecified atom stereocenters. The van der Waals surface area contributed by atoms with E-state index in [2.05, 4.69) is 13.8 Å². The quantitative estimate of drug-likeness (QED) is 0.665. The standard InChI is InChI=1S/C14H20O4/c1-14(2)5-16-13(17-6-14)12-8-3-9-7(11(8)12)4-10(15)18-9/h7-9,11-13H,3-6H2,1-2H3/t7-,8-,9-,11+,12?/m0/s1. The van der Waals surface area contributed by atoms with Crippen LogP contribution in [0.2, 0.25) is 0 Å². The van der Waals surface area contributed by atoms with E-state index in [1.54, 1.807) is 0 Å². The van der Waals surface area contributed by atoms with Crippen LogP contribution in [0.4, 0.5) is 0 Å². The number of hydrogen-bond acceptors (Lipinski definition) is 4. The lowest BCUT2D eigenvalue weighted by molar-refractivity contribution is -0.235. The molecule has 0 bridgehead atoms. The zero-order chi connectivity index (χ0) is 12.5. The van der Waals surface area contributed by atoms with Crippen molar-refractivity contribution in [3.05, 3.63) is 0 Å². The summed E-state index contributed by atoms with van der Waals surface area (Å²) < 4.78 is 17.1. The third-order valence-electron chi connectivity index (χ3n) is 5.04. The first-order valence-corrected chi connectivity index (χ1v) is 6.98. The Morgan fingerprint density at radius 3 is 2.56 bits per heavy atom. The highest BCUT2D eigenvalue weighted by atomic mass is 16.7. The van der Waals surface area contributed by atoms with Crippen molar-refractivity contribution in [2.45, 2.75) is 39.1 Å². The lowest BCUT2D eigenvalue weighted by atomic mass is 9.93. The highest BCUT2D eigenvalue weighted by molar-refractivity contribution is 5.72. The molecule has 4 aliphatic rings. The first kappa shape index (κ1) is 11.2. The van der Waals surface area contributed by atoms with Gasteiger partial charge < -0.3 is 14.2 Å². The minimum Gasteiger partial charge on any atom is -0.462 e. The molecule has 0 radical (unpaired) electrons. The summed E-state index contributed by atoms with van der Waals surface area (Å²) in [6.07, 6.45) is 1.80. The molecule has 0 amide bonds. The molecule has 2 aliphatic heterocycles. The van der Waals surface area contributed by atoms with Crippen LogP contribution in [-0.2, 0) is 19.0 Å². The molecule has 100 valence electrons. The SMILES string of the molecule is CC1(C)COC(C2[C@@H]3[C@H]4CC(=O)O[C@H]4C[C@H]23)OC1. The Bertz CT molecular complexity index is 381. The van der Waals surface area contributed by atoms with E-state index in [1.165, 1.54) is 0 Å². The van der Waals surface area contributed by atoms with Crippen molar-refractivity contribution in [2.75, 3.05) is 13.2 Å². The molecular formula is C14H20O4. The van der Waals surface area contributed by atoms with E-state index in [9.17, 15) is 4.79 Å². The molecule has 5 atom stereocenters. The fourth-order valence-electron chi connectivity index (χ4n) is 4.16. The molecule has 0 aromatic rings. The van der Waals surface area contributed by atoms with Crippen molar-refractivity contribution < 1.29 is 19.0 Å². The smallest absolute Gasteiger partial charge is 0.306 e. The Hall–Kier alpha value is -0.610. The van der Waals surface area contributed by atoms with Gasteiger partial charge in [-0.1, -0.05) is 13.8 Å². The van der Waals surface area contributed by atoms with Gasteiger partial charge in [0.15, 0.2) is 6.29 Å². The van der Waals surface area contributed by atoms with Crippen molar-refractivity contribution in [2.24, 2.45) is 29.1 Å². The topological polar surface area (TPSA) is 44.8 Å². The van der Waals surface area contributed by atoms with Gasteiger partial charge in [0, 0.05) is 17.3 Å². The van der Waals surface area contributed by atoms with Crippen LogP contribution in [0.15, 0.2) is 0 Å². The average Bonchev–Trinajstić information content (AvgIpc) is 2.67. The van der Waals surface area contributed by atoms with Gasteiger partial charge in [-0.2, -0.15) is 0 Å². The van der Waals surface area contributed by atoms with Gasteiger partial charge in [-0.15, -0.1) is 0 Å². The number of carbonyl (C=O) groups is 1. The molecule has 2 heterocycles. The van der Waals surface area contributed by atoms with Crippen molar-refractivity contribution in [3.63, 3.8) is 0 Å². The predicted octanol–water partition coefficient (Wildman–Crippen LogP) is 1.58. The monoisotopic (exact) mass is 252 g/mol. The first-order chi connectivity index (χ1) is 8.55. The molecule has 0 aromatic carbocycles. The molecule has 2 aliphatic carbocycles. The van der Waals surface area contributed by atoms with E-state index in [-0.39, 0.29) is 23.8 Å². The van der Waals surface area contributed by atoms with Crippen LogP contribution in [0.5, 0.6) is 0 Å². The molecule has 0 N–H and O–H groups in total. The average molecular weight is 252 g/mol. The highest BCUT2D eigenvalue weighted by Crippen LogP contribution is 2.65. The number of hydrogen-bond donors (Lipinski definition) is 0. The summed E-state index contributed by atoms with van der Waals surface area (Å²) in [5.74, 6) is 2.21. The predicted molar refractivity (Wildman–Crippen MR) is 62.5 cm³/mol. The van der Waals surface area contributed by atoms with Crippen LogP contribution in [0.3, 0.4) is 0 Å². The largest absolute Gasteiger partial charge is 0.462 e. The van der Waals surface area contributed by atoms with Gasteiger partial charge in [0.05, 0.1) is 19.6 Å². The lowest BCUT2D eigenvalue weighted by Gasteiger charge is -2.35. The minimum atomic E-state index is -0.0373. The minimum absolute atomic E-state index is 0.0132. The number of ether oxygens (including phenoxy) is 3. The second-order valence-corrected chi connectivity index (χ2v) is 7.11. The van der Waals surface area contributed by atoms with Crippen LogP contribution in [0.25, 0.3) is 0 Å². The van der Waals surface area contributed by atoms with E-state index < -0.39 is 0 Å². The Morgan fingerprint density at radius 2 is 1.83 bits per heavy atom. The molecule has 0 spiro atoms. The normalized spacial score (nSPS) is 49.7. The molecular weight excluding hydrogens is 232 g/mol. The Kier molecular flexibility index (Phi) is 2.17. The van der Waals surface area contributed by atoms with E-state index >= 15 is 0 Å². The summed E-state index contributed by atoms with van der Waals surface area (Å²) in [5, 5.41) is 0. The summed E-state index contributed by atoms with van der Waals surface area (Å²) in [4.78, 5) is 11.3. The van der Waals surface area contributed by atoms with Gasteiger partial charge in [-0.25, -0.2) is 0 Å². The summed E-state index contributed by atoms with van der Waals surface area (Å²) >= 11 is 0. The van der Waals surface area contributed by atoms with Gasteiger partial charge in [0.25, 0.3) is 0 Å². The van der Waals surface area contributed by atoms with E-state index in [1.807, 2.05) is 0 Å². The summed E-state index contributed by atoms with van der Waals surface area (Å²) in [6.45, 7) is 5.88. The number of fused-ring (bicyclic) bond motifs is 3. The van der Waals surface area contributed by atoms with Gasteiger partial charge in [-0.05, 0) is 18.3 Å². The van der Waals surface area contributed by atoms with Gasteiger partial charge in [-0.3, -0.25) is 4.79 Å². The molecule has 4 nitrogen and oxygen atoms in total.